The predicted octanol–water partition coefficient (Wildman–Crippen LogP) is 2.85. The maximum Gasteiger partial charge on any atom is 0.224 e. The van der Waals surface area contributed by atoms with E-state index in [9.17, 15) is 8.78 Å². The molecular weight excluding hydrogens is 238 g/mol. The number of hydrogen-bond donors (Lipinski definition) is 2. The molecule has 0 aliphatic carbocycles. The molecule has 0 atom stereocenters. The van der Waals surface area contributed by atoms with Gasteiger partial charge in [0, 0.05) is 7.05 Å². The van der Waals surface area contributed by atoms with Crippen LogP contribution in [-0.4, -0.2) is 17.0 Å². The van der Waals surface area contributed by atoms with Crippen molar-refractivity contribution in [3.63, 3.8) is 0 Å². The average Bonchev–Trinajstić information content (AvgIpc) is 2.37. The van der Waals surface area contributed by atoms with Crippen molar-refractivity contribution in [2.45, 2.75) is 6.92 Å². The zero-order valence-corrected chi connectivity index (χ0v) is 9.96. The Hall–Kier alpha value is -2.24. The monoisotopic (exact) mass is 250 g/mol. The molecule has 1 heterocycles. The Labute approximate surface area is 103 Å². The molecular formula is C12H12F2N4. The van der Waals surface area contributed by atoms with E-state index in [1.807, 2.05) is 0 Å². The maximum atomic E-state index is 13.8. The Kier molecular flexibility index (Phi) is 3.36. The highest BCUT2D eigenvalue weighted by atomic mass is 19.1. The normalized spacial score (nSPS) is 10.2. The first-order valence-electron chi connectivity index (χ1n) is 5.34. The summed E-state index contributed by atoms with van der Waals surface area (Å²) in [6, 6.07) is 4.83. The third-order valence-corrected chi connectivity index (χ3v) is 2.41. The zero-order valence-electron chi connectivity index (χ0n) is 9.96. The van der Waals surface area contributed by atoms with Gasteiger partial charge in [-0.05, 0) is 18.6 Å². The van der Waals surface area contributed by atoms with E-state index in [0.717, 1.165) is 6.20 Å². The first-order chi connectivity index (χ1) is 8.61. The van der Waals surface area contributed by atoms with E-state index in [0.29, 0.717) is 5.56 Å². The molecule has 4 nitrogen and oxygen atoms in total. The Bertz CT molecular complexity index is 572. The van der Waals surface area contributed by atoms with Gasteiger partial charge < -0.3 is 10.6 Å². The second-order valence-electron chi connectivity index (χ2n) is 3.70. The van der Waals surface area contributed by atoms with Gasteiger partial charge in [-0.2, -0.15) is 4.98 Å². The third-order valence-electron chi connectivity index (χ3n) is 2.41. The van der Waals surface area contributed by atoms with Gasteiger partial charge in [-0.15, -0.1) is 0 Å². The smallest absolute Gasteiger partial charge is 0.224 e. The molecule has 0 unspecified atom stereocenters. The van der Waals surface area contributed by atoms with Crippen molar-refractivity contribution >= 4 is 17.5 Å². The van der Waals surface area contributed by atoms with Crippen molar-refractivity contribution in [3.05, 3.63) is 41.6 Å². The van der Waals surface area contributed by atoms with Crippen LogP contribution in [0, 0.1) is 18.6 Å². The topological polar surface area (TPSA) is 49.8 Å². The molecule has 0 saturated heterocycles. The van der Waals surface area contributed by atoms with Crippen LogP contribution in [0.1, 0.15) is 5.56 Å². The van der Waals surface area contributed by atoms with Gasteiger partial charge in [-0.1, -0.05) is 12.1 Å². The lowest BCUT2D eigenvalue weighted by molar-refractivity contribution is 0.613. The second-order valence-corrected chi connectivity index (χ2v) is 3.70. The molecule has 2 N–H and O–H groups in total. The summed E-state index contributed by atoms with van der Waals surface area (Å²) in [5, 5.41) is 5.30. The van der Waals surface area contributed by atoms with Crippen molar-refractivity contribution in [1.29, 1.82) is 0 Å². The van der Waals surface area contributed by atoms with Gasteiger partial charge in [-0.25, -0.2) is 13.8 Å². The summed E-state index contributed by atoms with van der Waals surface area (Å²) < 4.78 is 27.2. The van der Waals surface area contributed by atoms with Crippen LogP contribution >= 0.6 is 0 Å². The standard InChI is InChI=1S/C12H12F2N4/c1-7-4-3-5-9(10(7)14)17-11-8(13)6-16-12(15-2)18-11/h3-6H,1-2H3,(H2,15,16,17,18). The van der Waals surface area contributed by atoms with Crippen molar-refractivity contribution in [3.8, 4) is 0 Å². The molecule has 2 aromatic rings. The predicted molar refractivity (Wildman–Crippen MR) is 66.0 cm³/mol. The number of anilines is 3. The fourth-order valence-electron chi connectivity index (χ4n) is 1.45. The molecule has 1 aromatic heterocycles. The Morgan fingerprint density at radius 2 is 2.00 bits per heavy atom. The molecule has 1 aromatic carbocycles. The van der Waals surface area contributed by atoms with E-state index in [-0.39, 0.29) is 17.5 Å². The van der Waals surface area contributed by atoms with E-state index >= 15 is 0 Å². The summed E-state index contributed by atoms with van der Waals surface area (Å²) >= 11 is 0. The van der Waals surface area contributed by atoms with Gasteiger partial charge in [0.15, 0.2) is 11.6 Å². The summed E-state index contributed by atoms with van der Waals surface area (Å²) in [5.74, 6) is -0.887. The van der Waals surface area contributed by atoms with Crippen molar-refractivity contribution in [1.82, 2.24) is 9.97 Å². The summed E-state index contributed by atoms with van der Waals surface area (Å²) in [4.78, 5) is 7.59. The van der Waals surface area contributed by atoms with Gasteiger partial charge in [0.1, 0.15) is 5.82 Å². The molecule has 0 aliphatic rings. The number of nitrogens with zero attached hydrogens (tertiary/aromatic N) is 2. The number of aromatic nitrogens is 2. The highest BCUT2D eigenvalue weighted by Gasteiger charge is 2.10. The largest absolute Gasteiger partial charge is 0.357 e. The zero-order chi connectivity index (χ0) is 13.1. The Morgan fingerprint density at radius 3 is 2.72 bits per heavy atom. The summed E-state index contributed by atoms with van der Waals surface area (Å²) in [5.41, 5.74) is 0.651. The molecule has 0 fully saturated rings. The molecule has 0 spiro atoms. The third kappa shape index (κ3) is 2.37. The first-order valence-corrected chi connectivity index (χ1v) is 5.34. The molecule has 94 valence electrons. The van der Waals surface area contributed by atoms with Gasteiger partial charge in [0.25, 0.3) is 0 Å². The van der Waals surface area contributed by atoms with Crippen LogP contribution in [0.25, 0.3) is 0 Å². The molecule has 2 rings (SSSR count). The summed E-state index contributed by atoms with van der Waals surface area (Å²) in [6.07, 6.45) is 1.02. The van der Waals surface area contributed by atoms with E-state index in [1.165, 1.54) is 6.07 Å². The van der Waals surface area contributed by atoms with Crippen molar-refractivity contribution < 1.29 is 8.78 Å². The van der Waals surface area contributed by atoms with E-state index in [1.54, 1.807) is 26.1 Å². The lowest BCUT2D eigenvalue weighted by atomic mass is 10.2. The van der Waals surface area contributed by atoms with Gasteiger partial charge in [0.2, 0.25) is 5.95 Å². The minimum absolute atomic E-state index is 0.0705. The number of halogens is 2. The number of benzene rings is 1. The maximum absolute atomic E-state index is 13.8. The molecule has 0 aliphatic heterocycles. The first kappa shape index (κ1) is 12.2. The van der Waals surface area contributed by atoms with Crippen molar-refractivity contribution in [2.75, 3.05) is 17.7 Å². The fraction of sp³-hybridized carbons (Fsp3) is 0.167. The van der Waals surface area contributed by atoms with Crippen LogP contribution in [0.5, 0.6) is 0 Å². The Morgan fingerprint density at radius 1 is 1.22 bits per heavy atom. The lowest BCUT2D eigenvalue weighted by Crippen LogP contribution is -2.04. The average molecular weight is 250 g/mol. The molecule has 0 bridgehead atoms. The quantitative estimate of drug-likeness (QED) is 0.879. The van der Waals surface area contributed by atoms with Crippen LogP contribution in [0.15, 0.2) is 24.4 Å². The fourth-order valence-corrected chi connectivity index (χ4v) is 1.45. The highest BCUT2D eigenvalue weighted by Crippen LogP contribution is 2.22. The van der Waals surface area contributed by atoms with Gasteiger partial charge >= 0.3 is 0 Å². The van der Waals surface area contributed by atoms with Crippen LogP contribution in [0.3, 0.4) is 0 Å². The van der Waals surface area contributed by atoms with Crippen LogP contribution in [-0.2, 0) is 0 Å². The SMILES string of the molecule is CNc1ncc(F)c(Nc2cccc(C)c2F)n1. The Balaban J connectivity index is 2.36. The number of hydrogen-bond acceptors (Lipinski definition) is 4. The highest BCUT2D eigenvalue weighted by molar-refractivity contribution is 5.59. The molecule has 0 saturated carbocycles. The summed E-state index contributed by atoms with van der Waals surface area (Å²) in [6.45, 7) is 1.63. The van der Waals surface area contributed by atoms with Gasteiger partial charge in [0.05, 0.1) is 11.9 Å². The van der Waals surface area contributed by atoms with E-state index in [4.69, 9.17) is 0 Å². The second kappa shape index (κ2) is 4.95. The molecule has 6 heteroatoms. The number of nitrogens with one attached hydrogen (secondary N) is 2. The molecule has 0 amide bonds. The number of rotatable bonds is 3. The minimum Gasteiger partial charge on any atom is -0.357 e. The molecule has 18 heavy (non-hydrogen) atoms. The van der Waals surface area contributed by atoms with Crippen LogP contribution < -0.4 is 10.6 Å². The minimum atomic E-state index is -0.644. The van der Waals surface area contributed by atoms with Crippen LogP contribution in [0.2, 0.25) is 0 Å². The van der Waals surface area contributed by atoms with Crippen molar-refractivity contribution in [2.24, 2.45) is 0 Å². The molecule has 0 radical (unpaired) electrons. The van der Waals surface area contributed by atoms with Crippen LogP contribution in [0.4, 0.5) is 26.2 Å². The summed E-state index contributed by atoms with van der Waals surface area (Å²) in [7, 11) is 1.62. The lowest BCUT2D eigenvalue weighted by Gasteiger charge is -2.09. The van der Waals surface area contributed by atoms with E-state index in [2.05, 4.69) is 20.6 Å². The number of aryl methyl sites for hydroxylation is 1. The van der Waals surface area contributed by atoms with Gasteiger partial charge in [-0.3, -0.25) is 0 Å². The van der Waals surface area contributed by atoms with E-state index < -0.39 is 11.6 Å².